The van der Waals surface area contributed by atoms with E-state index in [1.807, 2.05) is 66.0 Å². The fraction of sp³-hybridized carbons (Fsp3) is 0.0400. The van der Waals surface area contributed by atoms with E-state index in [9.17, 15) is 4.79 Å². The molecule has 0 bridgehead atoms. The van der Waals surface area contributed by atoms with Gasteiger partial charge in [-0.1, -0.05) is 12.1 Å². The number of hydrogen-bond acceptors (Lipinski definition) is 7. The van der Waals surface area contributed by atoms with Crippen LogP contribution in [0.3, 0.4) is 0 Å². The minimum Gasteiger partial charge on any atom is -0.497 e. The van der Waals surface area contributed by atoms with Gasteiger partial charge < -0.3 is 10.1 Å². The summed E-state index contributed by atoms with van der Waals surface area (Å²) in [5, 5.41) is 9.54. The van der Waals surface area contributed by atoms with E-state index in [1.165, 1.54) is 17.7 Å². The molecule has 8 heteroatoms. The molecule has 1 amide bonds. The first-order valence-corrected chi connectivity index (χ1v) is 11.1. The van der Waals surface area contributed by atoms with Crippen molar-refractivity contribution in [1.82, 2.24) is 15.0 Å². The molecular formula is C25H19N5O2S. The standard InChI is InChI=1S/C25H19N5O2S/c1-32-19-12-8-16(9-13-19)22-14-33-25(29-22)30-24(31)17-6-10-18(11-7-17)28-23-20-4-2-3-5-21(20)26-15-27-23/h2-15H,1H3,(H,26,27,28)(H,29,30,31). The van der Waals surface area contributed by atoms with Gasteiger partial charge in [-0.15, -0.1) is 11.3 Å². The Balaban J connectivity index is 1.27. The minimum atomic E-state index is -0.218. The Bertz CT molecular complexity index is 1410. The average Bonchev–Trinajstić information content (AvgIpc) is 3.33. The molecule has 0 aliphatic carbocycles. The van der Waals surface area contributed by atoms with Crippen molar-refractivity contribution in [2.45, 2.75) is 0 Å². The van der Waals surface area contributed by atoms with E-state index >= 15 is 0 Å². The van der Waals surface area contributed by atoms with Crippen LogP contribution in [0.2, 0.25) is 0 Å². The highest BCUT2D eigenvalue weighted by atomic mass is 32.1. The zero-order valence-corrected chi connectivity index (χ0v) is 18.5. The maximum absolute atomic E-state index is 12.7. The number of carbonyl (C=O) groups is 1. The van der Waals surface area contributed by atoms with Crippen LogP contribution in [0, 0.1) is 0 Å². The molecule has 2 N–H and O–H groups in total. The molecule has 2 heterocycles. The summed E-state index contributed by atoms with van der Waals surface area (Å²) >= 11 is 1.38. The number of carbonyl (C=O) groups excluding carboxylic acids is 1. The fourth-order valence-electron chi connectivity index (χ4n) is 3.34. The second kappa shape index (κ2) is 9.05. The first-order chi connectivity index (χ1) is 16.2. The molecule has 0 unspecified atom stereocenters. The van der Waals surface area contributed by atoms with Gasteiger partial charge in [0.1, 0.15) is 17.9 Å². The Kier molecular flexibility index (Phi) is 5.65. The Morgan fingerprint density at radius 3 is 2.52 bits per heavy atom. The van der Waals surface area contributed by atoms with E-state index in [-0.39, 0.29) is 5.91 Å². The maximum Gasteiger partial charge on any atom is 0.257 e. The van der Waals surface area contributed by atoms with E-state index in [0.29, 0.717) is 16.5 Å². The zero-order chi connectivity index (χ0) is 22.6. The number of hydrogen-bond donors (Lipinski definition) is 2. The molecule has 5 rings (SSSR count). The van der Waals surface area contributed by atoms with Crippen LogP contribution in [0.1, 0.15) is 10.4 Å². The number of rotatable bonds is 6. The van der Waals surface area contributed by atoms with E-state index in [4.69, 9.17) is 4.74 Å². The number of benzene rings is 3. The van der Waals surface area contributed by atoms with Crippen molar-refractivity contribution >= 4 is 44.8 Å². The van der Waals surface area contributed by atoms with Crippen molar-refractivity contribution < 1.29 is 9.53 Å². The largest absolute Gasteiger partial charge is 0.497 e. The highest BCUT2D eigenvalue weighted by Gasteiger charge is 2.11. The summed E-state index contributed by atoms with van der Waals surface area (Å²) in [5.41, 5.74) is 3.99. The minimum absolute atomic E-state index is 0.218. The number of ether oxygens (including phenoxy) is 1. The summed E-state index contributed by atoms with van der Waals surface area (Å²) in [7, 11) is 1.63. The fourth-order valence-corrected chi connectivity index (χ4v) is 4.06. The summed E-state index contributed by atoms with van der Waals surface area (Å²) in [5.74, 6) is 1.28. The number of thiazole rings is 1. The van der Waals surface area contributed by atoms with Gasteiger partial charge in [0.2, 0.25) is 0 Å². The van der Waals surface area contributed by atoms with Crippen LogP contribution in [0.15, 0.2) is 84.5 Å². The third-order valence-electron chi connectivity index (χ3n) is 5.06. The number of nitrogens with one attached hydrogen (secondary N) is 2. The molecule has 3 aromatic carbocycles. The normalized spacial score (nSPS) is 10.7. The van der Waals surface area contributed by atoms with Crippen molar-refractivity contribution in [2.24, 2.45) is 0 Å². The number of para-hydroxylation sites is 1. The van der Waals surface area contributed by atoms with Gasteiger partial charge in [0.25, 0.3) is 5.91 Å². The second-order valence-electron chi connectivity index (χ2n) is 7.16. The van der Waals surface area contributed by atoms with Gasteiger partial charge in [0.05, 0.1) is 18.3 Å². The lowest BCUT2D eigenvalue weighted by atomic mass is 10.2. The van der Waals surface area contributed by atoms with Crippen molar-refractivity contribution in [1.29, 1.82) is 0 Å². The molecule has 0 spiro atoms. The van der Waals surface area contributed by atoms with E-state index in [0.717, 1.165) is 33.6 Å². The molecule has 7 nitrogen and oxygen atoms in total. The number of amides is 1. The summed E-state index contributed by atoms with van der Waals surface area (Å²) in [4.78, 5) is 25.8. The molecule has 0 fully saturated rings. The Hall–Kier alpha value is -4.30. The van der Waals surface area contributed by atoms with Crippen LogP contribution in [0.25, 0.3) is 22.2 Å². The molecule has 0 atom stereocenters. The number of aromatic nitrogens is 3. The molecule has 33 heavy (non-hydrogen) atoms. The summed E-state index contributed by atoms with van der Waals surface area (Å²) in [6, 6.07) is 22.6. The van der Waals surface area contributed by atoms with E-state index < -0.39 is 0 Å². The highest BCUT2D eigenvalue weighted by Crippen LogP contribution is 2.27. The first kappa shape index (κ1) is 20.6. The van der Waals surface area contributed by atoms with Gasteiger partial charge in [-0.2, -0.15) is 0 Å². The monoisotopic (exact) mass is 453 g/mol. The molecule has 0 radical (unpaired) electrons. The molecule has 162 valence electrons. The van der Waals surface area contributed by atoms with Crippen molar-refractivity contribution in [3.63, 3.8) is 0 Å². The Morgan fingerprint density at radius 1 is 0.939 bits per heavy atom. The van der Waals surface area contributed by atoms with Crippen LogP contribution in [0.4, 0.5) is 16.6 Å². The lowest BCUT2D eigenvalue weighted by molar-refractivity contribution is 0.102. The van der Waals surface area contributed by atoms with Crippen LogP contribution in [0.5, 0.6) is 5.75 Å². The predicted molar refractivity (Wildman–Crippen MR) is 131 cm³/mol. The second-order valence-corrected chi connectivity index (χ2v) is 8.02. The average molecular weight is 454 g/mol. The Labute approximate surface area is 194 Å². The summed E-state index contributed by atoms with van der Waals surface area (Å²) in [6.45, 7) is 0. The third-order valence-corrected chi connectivity index (χ3v) is 5.82. The lowest BCUT2D eigenvalue weighted by Gasteiger charge is -2.09. The van der Waals surface area contributed by atoms with Gasteiger partial charge in [-0.3, -0.25) is 10.1 Å². The van der Waals surface area contributed by atoms with E-state index in [2.05, 4.69) is 25.6 Å². The van der Waals surface area contributed by atoms with Crippen LogP contribution >= 0.6 is 11.3 Å². The smallest absolute Gasteiger partial charge is 0.257 e. The van der Waals surface area contributed by atoms with Gasteiger partial charge in [-0.05, 0) is 60.7 Å². The maximum atomic E-state index is 12.7. The number of nitrogens with zero attached hydrogens (tertiary/aromatic N) is 3. The van der Waals surface area contributed by atoms with Gasteiger partial charge in [-0.25, -0.2) is 15.0 Å². The van der Waals surface area contributed by atoms with Gasteiger partial charge >= 0.3 is 0 Å². The van der Waals surface area contributed by atoms with Crippen LogP contribution in [-0.2, 0) is 0 Å². The number of methoxy groups -OCH3 is 1. The van der Waals surface area contributed by atoms with Crippen LogP contribution in [-0.4, -0.2) is 28.0 Å². The van der Waals surface area contributed by atoms with Crippen molar-refractivity contribution in [2.75, 3.05) is 17.7 Å². The van der Waals surface area contributed by atoms with Gasteiger partial charge in [0.15, 0.2) is 5.13 Å². The molecule has 0 aliphatic rings. The third kappa shape index (κ3) is 4.51. The summed E-state index contributed by atoms with van der Waals surface area (Å²) < 4.78 is 5.19. The van der Waals surface area contributed by atoms with Crippen LogP contribution < -0.4 is 15.4 Å². The highest BCUT2D eigenvalue weighted by molar-refractivity contribution is 7.14. The quantitative estimate of drug-likeness (QED) is 0.340. The zero-order valence-electron chi connectivity index (χ0n) is 17.6. The van der Waals surface area contributed by atoms with Crippen molar-refractivity contribution in [3.8, 4) is 17.0 Å². The first-order valence-electron chi connectivity index (χ1n) is 10.2. The molecular weight excluding hydrogens is 434 g/mol. The molecule has 0 saturated carbocycles. The molecule has 5 aromatic rings. The summed E-state index contributed by atoms with van der Waals surface area (Å²) in [6.07, 6.45) is 1.53. The topological polar surface area (TPSA) is 89.0 Å². The van der Waals surface area contributed by atoms with Gasteiger partial charge in [0, 0.05) is 27.6 Å². The molecule has 0 aliphatic heterocycles. The SMILES string of the molecule is COc1ccc(-c2csc(NC(=O)c3ccc(Nc4ncnc5ccccc45)cc3)n2)cc1. The number of fused-ring (bicyclic) bond motifs is 1. The van der Waals surface area contributed by atoms with Crippen molar-refractivity contribution in [3.05, 3.63) is 90.1 Å². The molecule has 2 aromatic heterocycles. The van der Waals surface area contributed by atoms with E-state index in [1.54, 1.807) is 19.2 Å². The number of anilines is 3. The Morgan fingerprint density at radius 2 is 1.73 bits per heavy atom. The molecule has 0 saturated heterocycles. The predicted octanol–water partition coefficient (Wildman–Crippen LogP) is 5.76. The lowest BCUT2D eigenvalue weighted by Crippen LogP contribution is -2.11.